The zero-order valence-corrected chi connectivity index (χ0v) is 42.6. The molecule has 1 aromatic carbocycles. The summed E-state index contributed by atoms with van der Waals surface area (Å²) in [5.41, 5.74) is 2.81. The molecule has 0 unspecified atom stereocenters. The standard InChI is InChI=1S/C48H77N9O17/c1-3-14-49-41(61)13-18-68-23-25-71-27-28-72-26-24-70-20-16-57-33-38(53-55-57)36-11-9-35(10-12-36)29-42(62)50-31-40(60)45(64)46-44(51-43(63)34-58)39(59)30-48(74-46,47(65)66)73-17-7-5-4-6-8-37-32-56(54-52-37)15-19-69-22-21-67-2/h9-12,32-33,39-40,44-46,58-60,64H,3-8,13-31,34H2,1-2H3,(H,49,61)(H,50,62)(H,51,63)(H,65,66)/t39-,40+,44+,45+,46+,48+/m0/s1. The number of ether oxygens (including phenoxy) is 8. The van der Waals surface area contributed by atoms with Crippen molar-refractivity contribution in [3.05, 3.63) is 47.9 Å². The largest absolute Gasteiger partial charge is 0.477 e. The van der Waals surface area contributed by atoms with E-state index in [1.54, 1.807) is 46.9 Å². The summed E-state index contributed by atoms with van der Waals surface area (Å²) in [6, 6.07) is 5.55. The number of benzene rings is 1. The Labute approximate surface area is 430 Å². The van der Waals surface area contributed by atoms with Crippen LogP contribution in [-0.4, -0.2) is 222 Å². The molecule has 0 spiro atoms. The summed E-state index contributed by atoms with van der Waals surface area (Å²) in [6.45, 7) is 6.73. The van der Waals surface area contributed by atoms with Gasteiger partial charge < -0.3 is 79.4 Å². The molecule has 2 aromatic heterocycles. The number of carboxylic acid groups (broad SMARTS) is 1. The first-order chi connectivity index (χ1) is 35.9. The molecular formula is C48H77N9O17. The van der Waals surface area contributed by atoms with Gasteiger partial charge in [-0.25, -0.2) is 14.2 Å². The number of methoxy groups -OCH3 is 1. The van der Waals surface area contributed by atoms with Crippen molar-refractivity contribution in [3.8, 4) is 11.3 Å². The van der Waals surface area contributed by atoms with Crippen LogP contribution in [0.1, 0.15) is 63.1 Å². The molecule has 74 heavy (non-hydrogen) atoms. The number of carbonyl (C=O) groups is 4. The van der Waals surface area contributed by atoms with Crippen molar-refractivity contribution in [3.63, 3.8) is 0 Å². The second kappa shape index (κ2) is 35.2. The number of aliphatic hydroxyl groups excluding tert-OH is 4. The predicted molar refractivity (Wildman–Crippen MR) is 261 cm³/mol. The molecule has 26 nitrogen and oxygen atoms in total. The Morgan fingerprint density at radius 3 is 2.04 bits per heavy atom. The summed E-state index contributed by atoms with van der Waals surface area (Å²) in [6.07, 6.45) is 0.289. The van der Waals surface area contributed by atoms with Gasteiger partial charge in [-0.1, -0.05) is 54.5 Å². The number of aliphatic carboxylic acids is 1. The fraction of sp³-hybridized carbons (Fsp3) is 0.708. The number of amides is 3. The average molecular weight is 1050 g/mol. The Morgan fingerprint density at radius 1 is 0.770 bits per heavy atom. The van der Waals surface area contributed by atoms with Crippen molar-refractivity contribution >= 4 is 23.7 Å². The SMILES string of the molecule is CCCNC(=O)CCOCCOCCOCCOCCn1cc(-c2ccc(CC(=O)NC[C@@H](O)[C@@H](O)[C@@H]3O[C@@](OCCCCCCc4cn(CCOCCOC)nn4)(C(=O)O)C[C@H](O)[C@H]3NC(=O)CO)cc2)nn1. The van der Waals surface area contributed by atoms with Crippen LogP contribution in [0.4, 0.5) is 0 Å². The first-order valence-corrected chi connectivity index (χ1v) is 25.2. The number of hydrogen-bond donors (Lipinski definition) is 8. The third-order valence-electron chi connectivity index (χ3n) is 11.5. The van der Waals surface area contributed by atoms with E-state index < -0.39 is 73.6 Å². The second-order valence-corrected chi connectivity index (χ2v) is 17.4. The first-order valence-electron chi connectivity index (χ1n) is 25.2. The van der Waals surface area contributed by atoms with Crippen molar-refractivity contribution in [2.75, 3.05) is 106 Å². The van der Waals surface area contributed by atoms with Gasteiger partial charge in [0.2, 0.25) is 17.7 Å². The van der Waals surface area contributed by atoms with Crippen molar-refractivity contribution in [2.24, 2.45) is 0 Å². The summed E-state index contributed by atoms with van der Waals surface area (Å²) < 4.78 is 47.4. The normalized spacial score (nSPS) is 18.5. The number of nitrogens with zero attached hydrogens (tertiary/aromatic N) is 6. The number of rotatable bonds is 41. The molecule has 3 amide bonds. The summed E-state index contributed by atoms with van der Waals surface area (Å²) in [4.78, 5) is 49.4. The summed E-state index contributed by atoms with van der Waals surface area (Å²) in [5, 5.41) is 77.5. The molecule has 1 aliphatic rings. The van der Waals surface area contributed by atoms with E-state index >= 15 is 0 Å². The molecule has 6 atom stereocenters. The minimum atomic E-state index is -2.46. The van der Waals surface area contributed by atoms with Crippen LogP contribution < -0.4 is 16.0 Å². The maximum Gasteiger partial charge on any atom is 0.364 e. The van der Waals surface area contributed by atoms with Gasteiger partial charge in [0, 0.05) is 44.8 Å². The maximum atomic E-state index is 13.0. The van der Waals surface area contributed by atoms with Gasteiger partial charge in [-0.05, 0) is 31.2 Å². The Balaban J connectivity index is 1.14. The third kappa shape index (κ3) is 22.8. The fourth-order valence-electron chi connectivity index (χ4n) is 7.49. The topological polar surface area (TPSA) is 341 Å². The van der Waals surface area contributed by atoms with Crippen molar-refractivity contribution in [1.29, 1.82) is 0 Å². The quantitative estimate of drug-likeness (QED) is 0.0309. The van der Waals surface area contributed by atoms with Gasteiger partial charge in [0.05, 0.1) is 129 Å². The smallest absolute Gasteiger partial charge is 0.364 e. The molecule has 1 saturated heterocycles. The maximum absolute atomic E-state index is 13.0. The van der Waals surface area contributed by atoms with Gasteiger partial charge in [0.25, 0.3) is 5.79 Å². The van der Waals surface area contributed by atoms with Gasteiger partial charge in [-0.15, -0.1) is 10.2 Å². The number of carboxylic acids is 1. The number of carbonyl (C=O) groups excluding carboxylic acids is 3. The minimum absolute atomic E-state index is 0.0212. The van der Waals surface area contributed by atoms with E-state index in [2.05, 4.69) is 36.6 Å². The van der Waals surface area contributed by atoms with Crippen LogP contribution in [0.25, 0.3) is 11.3 Å². The van der Waals surface area contributed by atoms with Crippen LogP contribution in [0.3, 0.4) is 0 Å². The molecule has 3 aromatic rings. The van der Waals surface area contributed by atoms with Gasteiger partial charge >= 0.3 is 5.97 Å². The van der Waals surface area contributed by atoms with Crippen LogP contribution in [-0.2, 0) is 83.0 Å². The summed E-state index contributed by atoms with van der Waals surface area (Å²) in [5.74, 6) is -5.55. The minimum Gasteiger partial charge on any atom is -0.477 e. The molecule has 8 N–H and O–H groups in total. The molecule has 1 fully saturated rings. The molecule has 0 radical (unpaired) electrons. The predicted octanol–water partition coefficient (Wildman–Crippen LogP) is -1.21. The Bertz CT molecular complexity index is 2050. The number of aromatic nitrogens is 6. The second-order valence-electron chi connectivity index (χ2n) is 17.4. The van der Waals surface area contributed by atoms with E-state index in [4.69, 9.17) is 37.9 Å². The van der Waals surface area contributed by atoms with Gasteiger partial charge in [-0.3, -0.25) is 14.4 Å². The van der Waals surface area contributed by atoms with E-state index in [1.165, 1.54) is 0 Å². The summed E-state index contributed by atoms with van der Waals surface area (Å²) in [7, 11) is 1.61. The molecule has 26 heteroatoms. The van der Waals surface area contributed by atoms with Gasteiger partial charge in [0.1, 0.15) is 24.5 Å². The lowest BCUT2D eigenvalue weighted by molar-refractivity contribution is -0.310. The molecule has 0 saturated carbocycles. The molecule has 3 heterocycles. The lowest BCUT2D eigenvalue weighted by Crippen LogP contribution is -2.68. The van der Waals surface area contributed by atoms with Crippen LogP contribution in [0.5, 0.6) is 0 Å². The molecule has 416 valence electrons. The average Bonchev–Trinajstić information content (AvgIpc) is 4.07. The third-order valence-corrected chi connectivity index (χ3v) is 11.5. The number of hydrogen-bond acceptors (Lipinski definition) is 20. The van der Waals surface area contributed by atoms with Crippen LogP contribution in [0, 0.1) is 0 Å². The Kier molecular flexibility index (Phi) is 29.2. The lowest BCUT2D eigenvalue weighted by Gasteiger charge is -2.46. The van der Waals surface area contributed by atoms with Crippen molar-refractivity contribution < 1.29 is 82.6 Å². The van der Waals surface area contributed by atoms with E-state index in [9.17, 15) is 44.7 Å². The molecule has 1 aliphatic heterocycles. The van der Waals surface area contributed by atoms with Crippen molar-refractivity contribution in [2.45, 2.75) is 114 Å². The van der Waals surface area contributed by atoms with E-state index in [0.717, 1.165) is 30.5 Å². The molecule has 0 aliphatic carbocycles. The number of nitrogens with one attached hydrogen (secondary N) is 3. The van der Waals surface area contributed by atoms with Crippen molar-refractivity contribution in [1.82, 2.24) is 45.9 Å². The van der Waals surface area contributed by atoms with Crippen LogP contribution in [0.15, 0.2) is 36.7 Å². The highest BCUT2D eigenvalue weighted by Gasteiger charge is 2.55. The van der Waals surface area contributed by atoms with Crippen LogP contribution in [0.2, 0.25) is 0 Å². The number of unbranched alkanes of at least 4 members (excludes halogenated alkanes) is 3. The van der Waals surface area contributed by atoms with Gasteiger partial charge in [-0.2, -0.15) is 0 Å². The van der Waals surface area contributed by atoms with E-state index in [1.807, 2.05) is 13.1 Å². The first kappa shape index (κ1) is 61.4. The van der Waals surface area contributed by atoms with Gasteiger partial charge in [0.15, 0.2) is 0 Å². The molecular weight excluding hydrogens is 975 g/mol. The fourth-order valence-corrected chi connectivity index (χ4v) is 7.49. The highest BCUT2D eigenvalue weighted by molar-refractivity contribution is 5.79. The van der Waals surface area contributed by atoms with E-state index in [0.29, 0.717) is 129 Å². The summed E-state index contributed by atoms with van der Waals surface area (Å²) >= 11 is 0. The highest BCUT2D eigenvalue weighted by Crippen LogP contribution is 2.34. The Morgan fingerprint density at radius 2 is 1.39 bits per heavy atom. The number of aliphatic hydroxyl groups is 4. The zero-order valence-electron chi connectivity index (χ0n) is 42.6. The monoisotopic (exact) mass is 1050 g/mol. The van der Waals surface area contributed by atoms with Crippen LogP contribution >= 0.6 is 0 Å². The zero-order chi connectivity index (χ0) is 53.4. The molecule has 4 rings (SSSR count). The number of aryl methyl sites for hydroxylation is 1. The van der Waals surface area contributed by atoms with E-state index in [-0.39, 0.29) is 18.9 Å². The lowest BCUT2D eigenvalue weighted by atomic mass is 9.88. The highest BCUT2D eigenvalue weighted by atomic mass is 16.7. The Hall–Kier alpha value is -5.10. The molecule has 0 bridgehead atoms.